The van der Waals surface area contributed by atoms with Gasteiger partial charge in [0, 0.05) is 11.6 Å². The number of hydrogen-bond acceptors (Lipinski definition) is 4. The number of benzene rings is 1. The van der Waals surface area contributed by atoms with E-state index in [2.05, 4.69) is 20.8 Å². The van der Waals surface area contributed by atoms with Gasteiger partial charge in [-0.2, -0.15) is 0 Å². The molecule has 2 rings (SSSR count). The molecule has 0 spiro atoms. The highest BCUT2D eigenvalue weighted by atomic mass is 35.5. The number of nitrogens with one attached hydrogen (secondary N) is 1. The van der Waals surface area contributed by atoms with E-state index in [0.717, 1.165) is 5.56 Å². The first-order chi connectivity index (χ1) is 8.25. The second-order valence-electron chi connectivity index (χ2n) is 3.38. The summed E-state index contributed by atoms with van der Waals surface area (Å²) in [5.41, 5.74) is 0.874. The smallest absolute Gasteiger partial charge is 0.242 e. The highest BCUT2D eigenvalue weighted by molar-refractivity contribution is 6.31. The predicted molar refractivity (Wildman–Crippen MR) is 61.1 cm³/mol. The van der Waals surface area contributed by atoms with Gasteiger partial charge in [0.15, 0.2) is 0 Å². The van der Waals surface area contributed by atoms with Gasteiger partial charge in [0.2, 0.25) is 5.91 Å². The Hall–Kier alpha value is -1.95. The molecule has 0 fully saturated rings. The number of rotatable bonds is 4. The lowest BCUT2D eigenvalue weighted by atomic mass is 10.2. The zero-order valence-electron chi connectivity index (χ0n) is 8.88. The minimum atomic E-state index is -0.169. The maximum atomic E-state index is 11.5. The highest BCUT2D eigenvalue weighted by Crippen LogP contribution is 2.14. The summed E-state index contributed by atoms with van der Waals surface area (Å²) < 4.78 is 1.35. The molecule has 1 aromatic carbocycles. The predicted octanol–water partition coefficient (Wildman–Crippen LogP) is 0.643. The number of amides is 1. The lowest BCUT2D eigenvalue weighted by Gasteiger charge is -2.06. The first-order valence-corrected chi connectivity index (χ1v) is 5.34. The number of aromatic nitrogens is 4. The molecule has 88 valence electrons. The third-order valence-corrected chi connectivity index (χ3v) is 2.50. The van der Waals surface area contributed by atoms with Crippen molar-refractivity contribution in [3.05, 3.63) is 41.2 Å². The van der Waals surface area contributed by atoms with Crippen LogP contribution < -0.4 is 5.32 Å². The fourth-order valence-electron chi connectivity index (χ4n) is 1.29. The van der Waals surface area contributed by atoms with Crippen LogP contribution in [0.3, 0.4) is 0 Å². The van der Waals surface area contributed by atoms with Crippen LogP contribution in [0.25, 0.3) is 0 Å². The van der Waals surface area contributed by atoms with Crippen molar-refractivity contribution in [1.82, 2.24) is 25.5 Å². The van der Waals surface area contributed by atoms with Crippen molar-refractivity contribution in [3.8, 4) is 0 Å². The maximum absolute atomic E-state index is 11.5. The summed E-state index contributed by atoms with van der Waals surface area (Å²) in [6.07, 6.45) is 1.38. The molecule has 1 heterocycles. The van der Waals surface area contributed by atoms with Crippen molar-refractivity contribution in [2.45, 2.75) is 13.1 Å². The van der Waals surface area contributed by atoms with Crippen LogP contribution in [0.1, 0.15) is 5.56 Å². The first kappa shape index (κ1) is 11.5. The van der Waals surface area contributed by atoms with Crippen LogP contribution in [-0.4, -0.2) is 26.1 Å². The van der Waals surface area contributed by atoms with Crippen LogP contribution in [0.5, 0.6) is 0 Å². The van der Waals surface area contributed by atoms with Crippen LogP contribution in [0.4, 0.5) is 0 Å². The molecule has 0 aliphatic carbocycles. The third kappa shape index (κ3) is 3.25. The van der Waals surface area contributed by atoms with Crippen LogP contribution >= 0.6 is 11.6 Å². The summed E-state index contributed by atoms with van der Waals surface area (Å²) in [5, 5.41) is 13.8. The monoisotopic (exact) mass is 251 g/mol. The van der Waals surface area contributed by atoms with Crippen LogP contribution in [0, 0.1) is 0 Å². The quantitative estimate of drug-likeness (QED) is 0.866. The summed E-state index contributed by atoms with van der Waals surface area (Å²) in [5.74, 6) is -0.169. The van der Waals surface area contributed by atoms with Gasteiger partial charge in [0.25, 0.3) is 0 Å². The number of carbonyl (C=O) groups excluding carboxylic acids is 1. The normalized spacial score (nSPS) is 10.2. The van der Waals surface area contributed by atoms with Crippen LogP contribution in [0.15, 0.2) is 30.6 Å². The average Bonchev–Trinajstić information content (AvgIpc) is 2.81. The van der Waals surface area contributed by atoms with Gasteiger partial charge >= 0.3 is 0 Å². The molecule has 0 atom stereocenters. The van der Waals surface area contributed by atoms with E-state index in [1.165, 1.54) is 11.0 Å². The number of tetrazole rings is 1. The molecule has 7 heteroatoms. The van der Waals surface area contributed by atoms with Gasteiger partial charge in [-0.3, -0.25) is 4.79 Å². The molecular weight excluding hydrogens is 242 g/mol. The third-order valence-electron chi connectivity index (χ3n) is 2.13. The molecule has 6 nitrogen and oxygen atoms in total. The van der Waals surface area contributed by atoms with E-state index in [0.29, 0.717) is 11.6 Å². The van der Waals surface area contributed by atoms with Gasteiger partial charge in [0.1, 0.15) is 12.9 Å². The molecule has 0 unspecified atom stereocenters. The Morgan fingerprint density at radius 3 is 2.94 bits per heavy atom. The van der Waals surface area contributed by atoms with Crippen molar-refractivity contribution < 1.29 is 4.79 Å². The van der Waals surface area contributed by atoms with Crippen molar-refractivity contribution in [2.75, 3.05) is 0 Å². The van der Waals surface area contributed by atoms with E-state index in [1.807, 2.05) is 18.2 Å². The van der Waals surface area contributed by atoms with E-state index in [1.54, 1.807) is 6.07 Å². The minimum absolute atomic E-state index is 0.0947. The fraction of sp³-hybridized carbons (Fsp3) is 0.200. The Labute approximate surface area is 103 Å². The number of nitrogens with zero attached hydrogens (tertiary/aromatic N) is 4. The molecule has 0 bridgehead atoms. The van der Waals surface area contributed by atoms with Gasteiger partial charge in [-0.1, -0.05) is 29.8 Å². The van der Waals surface area contributed by atoms with Crippen LogP contribution in [0.2, 0.25) is 5.02 Å². The van der Waals surface area contributed by atoms with E-state index in [4.69, 9.17) is 11.6 Å². The SMILES string of the molecule is O=C(Cn1cnnn1)NCc1ccccc1Cl. The Kier molecular flexibility index (Phi) is 3.66. The summed E-state index contributed by atoms with van der Waals surface area (Å²) in [7, 11) is 0. The van der Waals surface area contributed by atoms with Gasteiger partial charge in [-0.05, 0) is 22.1 Å². The molecular formula is C10H10ClN5O. The summed E-state index contributed by atoms with van der Waals surface area (Å²) in [6, 6.07) is 7.35. The summed E-state index contributed by atoms with van der Waals surface area (Å²) >= 11 is 5.96. The number of carbonyl (C=O) groups is 1. The van der Waals surface area contributed by atoms with E-state index < -0.39 is 0 Å². The van der Waals surface area contributed by atoms with Gasteiger partial charge in [0.05, 0.1) is 0 Å². The zero-order valence-corrected chi connectivity index (χ0v) is 9.63. The molecule has 0 radical (unpaired) electrons. The fourth-order valence-corrected chi connectivity index (χ4v) is 1.49. The molecule has 17 heavy (non-hydrogen) atoms. The molecule has 2 aromatic rings. The standard InChI is InChI=1S/C10H10ClN5O/c11-9-4-2-1-3-8(9)5-12-10(17)6-16-7-13-14-15-16/h1-4,7H,5-6H2,(H,12,17). The molecule has 0 saturated heterocycles. The second kappa shape index (κ2) is 5.40. The van der Waals surface area contributed by atoms with Gasteiger partial charge < -0.3 is 5.32 Å². The molecule has 0 saturated carbocycles. The number of hydrogen-bond donors (Lipinski definition) is 1. The lowest BCUT2D eigenvalue weighted by Crippen LogP contribution is -2.27. The number of halogens is 1. The van der Waals surface area contributed by atoms with Gasteiger partial charge in [-0.25, -0.2) is 4.68 Å². The molecule has 1 N–H and O–H groups in total. The van der Waals surface area contributed by atoms with Crippen molar-refractivity contribution in [3.63, 3.8) is 0 Å². The largest absolute Gasteiger partial charge is 0.350 e. The Morgan fingerprint density at radius 2 is 2.24 bits per heavy atom. The molecule has 0 aliphatic heterocycles. The minimum Gasteiger partial charge on any atom is -0.350 e. The molecule has 0 aliphatic rings. The van der Waals surface area contributed by atoms with Crippen molar-refractivity contribution >= 4 is 17.5 Å². The van der Waals surface area contributed by atoms with Crippen molar-refractivity contribution in [2.24, 2.45) is 0 Å². The Balaban J connectivity index is 1.86. The maximum Gasteiger partial charge on any atom is 0.242 e. The zero-order chi connectivity index (χ0) is 12.1. The average molecular weight is 252 g/mol. The molecule has 1 aromatic heterocycles. The Bertz CT molecular complexity index is 499. The van der Waals surface area contributed by atoms with Gasteiger partial charge in [-0.15, -0.1) is 5.10 Å². The second-order valence-corrected chi connectivity index (χ2v) is 3.78. The summed E-state index contributed by atoms with van der Waals surface area (Å²) in [6.45, 7) is 0.484. The lowest BCUT2D eigenvalue weighted by molar-refractivity contribution is -0.122. The summed E-state index contributed by atoms with van der Waals surface area (Å²) in [4.78, 5) is 11.5. The molecule has 1 amide bonds. The first-order valence-electron chi connectivity index (χ1n) is 4.96. The van der Waals surface area contributed by atoms with E-state index >= 15 is 0 Å². The highest BCUT2D eigenvalue weighted by Gasteiger charge is 2.04. The van der Waals surface area contributed by atoms with Crippen LogP contribution in [-0.2, 0) is 17.9 Å². The van der Waals surface area contributed by atoms with E-state index in [-0.39, 0.29) is 12.5 Å². The van der Waals surface area contributed by atoms with Crippen molar-refractivity contribution in [1.29, 1.82) is 0 Å². The Morgan fingerprint density at radius 1 is 1.41 bits per heavy atom. The topological polar surface area (TPSA) is 72.7 Å². The van der Waals surface area contributed by atoms with E-state index in [9.17, 15) is 4.79 Å².